The molecule has 2 aromatic carbocycles. The number of piperazine rings is 1. The summed E-state index contributed by atoms with van der Waals surface area (Å²) in [6.45, 7) is 0.942. The molecule has 1 N–H and O–H groups in total. The van der Waals surface area contributed by atoms with Crippen LogP contribution in [0.5, 0.6) is 5.75 Å². The van der Waals surface area contributed by atoms with Crippen molar-refractivity contribution in [2.24, 2.45) is 0 Å². The zero-order valence-electron chi connectivity index (χ0n) is 20.1. The van der Waals surface area contributed by atoms with E-state index in [1.54, 1.807) is 16.7 Å². The Labute approximate surface area is 212 Å². The lowest BCUT2D eigenvalue weighted by atomic mass is 10.0. The molecule has 2 fully saturated rings. The fourth-order valence-corrected chi connectivity index (χ4v) is 5.60. The number of carboxylic acid groups (broad SMARTS) is 1. The van der Waals surface area contributed by atoms with E-state index < -0.39 is 18.0 Å². The van der Waals surface area contributed by atoms with Crippen molar-refractivity contribution in [3.05, 3.63) is 81.7 Å². The molecule has 6 rings (SSSR count). The van der Waals surface area contributed by atoms with Crippen LogP contribution in [0.15, 0.2) is 59.5 Å². The third-order valence-corrected chi connectivity index (χ3v) is 7.50. The second kappa shape index (κ2) is 9.39. The first-order chi connectivity index (χ1) is 17.9. The molecule has 7 nitrogen and oxygen atoms in total. The molecule has 9 heteroatoms. The Hall–Kier alpha value is -3.56. The van der Waals surface area contributed by atoms with Crippen molar-refractivity contribution in [3.8, 4) is 5.75 Å². The molecule has 192 valence electrons. The Morgan fingerprint density at radius 1 is 1.11 bits per heavy atom. The van der Waals surface area contributed by atoms with E-state index in [1.165, 1.54) is 11.8 Å². The van der Waals surface area contributed by atoms with Crippen molar-refractivity contribution in [1.29, 1.82) is 0 Å². The zero-order valence-corrected chi connectivity index (χ0v) is 20.1. The second-order valence-electron chi connectivity index (χ2n) is 9.98. The highest BCUT2D eigenvalue weighted by Gasteiger charge is 2.34. The number of rotatable bonds is 7. The summed E-state index contributed by atoms with van der Waals surface area (Å²) in [5.74, 6) is -1.39. The van der Waals surface area contributed by atoms with Gasteiger partial charge in [0, 0.05) is 56.6 Å². The molecule has 3 aliphatic rings. The molecule has 0 unspecified atom stereocenters. The molecule has 37 heavy (non-hydrogen) atoms. The smallest absolute Gasteiger partial charge is 0.387 e. The van der Waals surface area contributed by atoms with Crippen LogP contribution < -0.4 is 10.2 Å². The fourth-order valence-electron chi connectivity index (χ4n) is 5.60. The molecule has 2 aliphatic heterocycles. The van der Waals surface area contributed by atoms with E-state index >= 15 is 0 Å². The molecule has 0 radical (unpaired) electrons. The average molecular weight is 508 g/mol. The molecule has 3 heterocycles. The molecule has 0 amide bonds. The summed E-state index contributed by atoms with van der Waals surface area (Å²) in [5.41, 5.74) is 1.83. The monoisotopic (exact) mass is 507 g/mol. The number of aromatic carboxylic acids is 1. The summed E-state index contributed by atoms with van der Waals surface area (Å²) in [6.07, 6.45) is 4.96. The number of aromatic nitrogens is 1. The number of carboxylic acids is 1. The molecule has 1 saturated carbocycles. The molecule has 1 aromatic heterocycles. The number of nitrogens with zero attached hydrogens (tertiary/aromatic N) is 3. The minimum atomic E-state index is -3.09. The van der Waals surface area contributed by atoms with Crippen LogP contribution >= 0.6 is 0 Å². The maximum Gasteiger partial charge on any atom is 0.387 e. The SMILES string of the molecule is O=C(O)c1cn(C2CC2)c2c(OC(F)F)c(C3=C[C@H]4CN(Cc5ccccc5)CCN4C3)ccc2c1=O. The molecular formula is C28H27F2N3O4. The van der Waals surface area contributed by atoms with Gasteiger partial charge in [0.05, 0.1) is 10.9 Å². The summed E-state index contributed by atoms with van der Waals surface area (Å²) in [6, 6.07) is 13.6. The normalized spacial score (nSPS) is 20.3. The minimum Gasteiger partial charge on any atom is -0.477 e. The topological polar surface area (TPSA) is 75.0 Å². The molecule has 0 spiro atoms. The van der Waals surface area contributed by atoms with Gasteiger partial charge in [0.1, 0.15) is 5.56 Å². The Morgan fingerprint density at radius 2 is 1.89 bits per heavy atom. The maximum atomic E-state index is 13.7. The van der Waals surface area contributed by atoms with Crippen LogP contribution in [0.4, 0.5) is 8.78 Å². The largest absolute Gasteiger partial charge is 0.477 e. The Balaban J connectivity index is 1.40. The lowest BCUT2D eigenvalue weighted by molar-refractivity contribution is -0.0492. The van der Waals surface area contributed by atoms with E-state index in [9.17, 15) is 23.5 Å². The van der Waals surface area contributed by atoms with Crippen molar-refractivity contribution < 1.29 is 23.4 Å². The Bertz CT molecular complexity index is 1450. The highest BCUT2D eigenvalue weighted by atomic mass is 19.3. The summed E-state index contributed by atoms with van der Waals surface area (Å²) in [5, 5.41) is 9.62. The summed E-state index contributed by atoms with van der Waals surface area (Å²) in [4.78, 5) is 29.4. The summed E-state index contributed by atoms with van der Waals surface area (Å²) in [7, 11) is 0. The number of hydrogen-bond acceptors (Lipinski definition) is 5. The lowest BCUT2D eigenvalue weighted by Gasteiger charge is -2.37. The van der Waals surface area contributed by atoms with Crippen LogP contribution in [0.25, 0.3) is 16.5 Å². The van der Waals surface area contributed by atoms with Gasteiger partial charge in [0.25, 0.3) is 0 Å². The third-order valence-electron chi connectivity index (χ3n) is 7.50. The number of ether oxygens (including phenoxy) is 1. The van der Waals surface area contributed by atoms with Crippen LogP contribution in [-0.2, 0) is 6.54 Å². The minimum absolute atomic E-state index is 0.0492. The van der Waals surface area contributed by atoms with Crippen molar-refractivity contribution in [2.45, 2.75) is 38.1 Å². The summed E-state index contributed by atoms with van der Waals surface area (Å²) >= 11 is 0. The van der Waals surface area contributed by atoms with Gasteiger partial charge in [-0.2, -0.15) is 8.78 Å². The molecule has 0 bridgehead atoms. The summed E-state index contributed by atoms with van der Waals surface area (Å²) < 4.78 is 34.1. The number of pyridine rings is 1. The molecule has 1 saturated heterocycles. The molecular weight excluding hydrogens is 480 g/mol. The van der Waals surface area contributed by atoms with E-state index in [2.05, 4.69) is 28.0 Å². The van der Waals surface area contributed by atoms with Crippen LogP contribution in [0.3, 0.4) is 0 Å². The first-order valence-electron chi connectivity index (χ1n) is 12.5. The number of alkyl halides is 2. The van der Waals surface area contributed by atoms with Crippen LogP contribution in [-0.4, -0.2) is 64.3 Å². The van der Waals surface area contributed by atoms with Gasteiger partial charge in [-0.1, -0.05) is 42.5 Å². The van der Waals surface area contributed by atoms with Crippen LogP contribution in [0.1, 0.15) is 40.4 Å². The van der Waals surface area contributed by atoms with Gasteiger partial charge in [-0.15, -0.1) is 0 Å². The predicted octanol–water partition coefficient (Wildman–Crippen LogP) is 4.22. The van der Waals surface area contributed by atoms with E-state index in [1.807, 2.05) is 18.2 Å². The average Bonchev–Trinajstić information content (AvgIpc) is 3.63. The van der Waals surface area contributed by atoms with Crippen molar-refractivity contribution in [3.63, 3.8) is 0 Å². The number of fused-ring (bicyclic) bond motifs is 2. The quantitative estimate of drug-likeness (QED) is 0.516. The number of halogens is 2. The highest BCUT2D eigenvalue weighted by Crippen LogP contribution is 2.43. The Morgan fingerprint density at radius 3 is 2.59 bits per heavy atom. The van der Waals surface area contributed by atoms with Gasteiger partial charge >= 0.3 is 12.6 Å². The molecule has 1 atom stereocenters. The Kier molecular flexibility index (Phi) is 6.04. The first-order valence-corrected chi connectivity index (χ1v) is 12.5. The van der Waals surface area contributed by atoms with Crippen molar-refractivity contribution >= 4 is 22.4 Å². The van der Waals surface area contributed by atoms with E-state index in [0.717, 1.165) is 44.6 Å². The van der Waals surface area contributed by atoms with Gasteiger partial charge in [-0.25, -0.2) is 4.79 Å². The van der Waals surface area contributed by atoms with Gasteiger partial charge in [0.15, 0.2) is 5.75 Å². The van der Waals surface area contributed by atoms with Crippen LogP contribution in [0, 0.1) is 0 Å². The fraction of sp³-hybridized carbons (Fsp3) is 0.357. The van der Waals surface area contributed by atoms with Crippen LogP contribution in [0.2, 0.25) is 0 Å². The predicted molar refractivity (Wildman–Crippen MR) is 135 cm³/mol. The number of hydrogen-bond donors (Lipinski definition) is 1. The van der Waals surface area contributed by atoms with Crippen molar-refractivity contribution in [1.82, 2.24) is 14.4 Å². The van der Waals surface area contributed by atoms with Crippen molar-refractivity contribution in [2.75, 3.05) is 26.2 Å². The van der Waals surface area contributed by atoms with Gasteiger partial charge < -0.3 is 14.4 Å². The second-order valence-corrected chi connectivity index (χ2v) is 9.98. The molecule has 3 aromatic rings. The maximum absolute atomic E-state index is 13.7. The van der Waals surface area contributed by atoms with Gasteiger partial charge in [-0.05, 0) is 30.0 Å². The standard InChI is InChI=1S/C28H27F2N3O4/c29-28(30)37-26-21(8-9-22-24(26)33(19-6-7-19)16-23(25(22)34)27(35)36)18-12-20-15-31(10-11-32(20)14-18)13-17-4-2-1-3-5-17/h1-5,8-9,12,16,19-20,28H,6-7,10-11,13-15H2,(H,35,36)/t20-/m0/s1. The zero-order chi connectivity index (χ0) is 25.7. The van der Waals surface area contributed by atoms with Gasteiger partial charge in [0.2, 0.25) is 5.43 Å². The number of carbonyl (C=O) groups is 1. The third kappa shape index (κ3) is 4.53. The lowest BCUT2D eigenvalue weighted by Crippen LogP contribution is -2.49. The van der Waals surface area contributed by atoms with E-state index in [0.29, 0.717) is 12.1 Å². The highest BCUT2D eigenvalue weighted by molar-refractivity contribution is 5.97. The number of benzene rings is 2. The molecule has 1 aliphatic carbocycles. The van der Waals surface area contributed by atoms with E-state index in [4.69, 9.17) is 4.74 Å². The van der Waals surface area contributed by atoms with E-state index in [-0.39, 0.29) is 34.3 Å². The first kappa shape index (κ1) is 23.8. The van der Waals surface area contributed by atoms with Gasteiger partial charge in [-0.3, -0.25) is 14.6 Å².